The summed E-state index contributed by atoms with van der Waals surface area (Å²) in [6.45, 7) is 2.10. The maximum absolute atomic E-state index is 13.5. The Morgan fingerprint density at radius 2 is 1.53 bits per heavy atom. The zero-order valence-corrected chi connectivity index (χ0v) is 19.3. The fourth-order valence-electron chi connectivity index (χ4n) is 4.63. The predicted octanol–water partition coefficient (Wildman–Crippen LogP) is 4.30. The average Bonchev–Trinajstić information content (AvgIpc) is 3.29. The van der Waals surface area contributed by atoms with Gasteiger partial charge in [0.25, 0.3) is 5.91 Å². The summed E-state index contributed by atoms with van der Waals surface area (Å²) >= 11 is 0. The second kappa shape index (κ2) is 8.66. The molecule has 170 valence electrons. The fraction of sp³-hybridized carbons (Fsp3) is 0.185. The summed E-state index contributed by atoms with van der Waals surface area (Å²) in [7, 11) is -1.23. The normalized spacial score (nSPS) is 17.2. The lowest BCUT2D eigenvalue weighted by Crippen LogP contribution is -2.41. The van der Waals surface area contributed by atoms with E-state index in [2.05, 4.69) is 24.3 Å². The van der Waals surface area contributed by atoms with Crippen molar-refractivity contribution < 1.29 is 13.7 Å². The molecular formula is C27H23N3O3S. The molecular weight excluding hydrogens is 446 g/mol. The summed E-state index contributed by atoms with van der Waals surface area (Å²) < 4.78 is 20.3. The van der Waals surface area contributed by atoms with Crippen molar-refractivity contribution in [1.29, 1.82) is 0 Å². The Balaban J connectivity index is 1.49. The van der Waals surface area contributed by atoms with Crippen LogP contribution in [0.15, 0.2) is 83.8 Å². The van der Waals surface area contributed by atoms with Crippen molar-refractivity contribution in [2.24, 2.45) is 0 Å². The molecule has 1 aromatic heterocycles. The second-order valence-electron chi connectivity index (χ2n) is 8.39. The van der Waals surface area contributed by atoms with E-state index in [4.69, 9.17) is 9.84 Å². The molecule has 3 heterocycles. The lowest BCUT2D eigenvalue weighted by molar-refractivity contribution is 0.0298. The summed E-state index contributed by atoms with van der Waals surface area (Å²) in [4.78, 5) is 16.0. The molecule has 0 saturated carbocycles. The average molecular weight is 470 g/mol. The first-order valence-electron chi connectivity index (χ1n) is 11.3. The monoisotopic (exact) mass is 469 g/mol. The van der Waals surface area contributed by atoms with Crippen LogP contribution < -0.4 is 0 Å². The van der Waals surface area contributed by atoms with E-state index in [-0.39, 0.29) is 11.7 Å². The number of carbonyl (C=O) groups excluding carboxylic acids is 1. The van der Waals surface area contributed by atoms with Crippen LogP contribution in [0, 0.1) is 0 Å². The Labute approximate surface area is 200 Å². The first-order valence-corrected chi connectivity index (χ1v) is 12.6. The Hall–Kier alpha value is -3.55. The zero-order valence-electron chi connectivity index (χ0n) is 18.5. The topological polar surface area (TPSA) is 64.4 Å². The zero-order chi connectivity index (χ0) is 23.1. The van der Waals surface area contributed by atoms with Crippen molar-refractivity contribution in [3.8, 4) is 28.1 Å². The summed E-state index contributed by atoms with van der Waals surface area (Å²) in [6.07, 6.45) is 0. The Bertz CT molecular complexity index is 1390. The van der Waals surface area contributed by atoms with Gasteiger partial charge in [0.05, 0.1) is 41.1 Å². The first kappa shape index (κ1) is 21.0. The van der Waals surface area contributed by atoms with Gasteiger partial charge in [-0.05, 0) is 29.3 Å². The minimum absolute atomic E-state index is 0.129. The minimum Gasteiger partial charge on any atom is -0.378 e. The van der Waals surface area contributed by atoms with Gasteiger partial charge in [0.15, 0.2) is 5.69 Å². The molecule has 6 rings (SSSR count). The van der Waals surface area contributed by atoms with Gasteiger partial charge in [0.2, 0.25) is 0 Å². The summed E-state index contributed by atoms with van der Waals surface area (Å²) in [5, 5.41) is 4.82. The van der Waals surface area contributed by atoms with E-state index < -0.39 is 10.8 Å². The van der Waals surface area contributed by atoms with Crippen LogP contribution >= 0.6 is 0 Å². The number of nitrogens with zero attached hydrogens (tertiary/aromatic N) is 3. The molecule has 1 atom stereocenters. The standard InChI is InChI=1S/C27H23N3O3S/c31-27(29-14-16-33-17-15-29)25-23-18-34(32)24-9-5-4-8-22(24)26(23)30(28-25)21-12-10-20(11-13-21)19-6-2-1-3-7-19/h1-13H,14-18H2. The third-order valence-corrected chi connectivity index (χ3v) is 7.76. The minimum atomic E-state index is -1.23. The molecule has 2 aliphatic rings. The van der Waals surface area contributed by atoms with Crippen LogP contribution in [0.4, 0.5) is 0 Å². The molecule has 0 aliphatic carbocycles. The predicted molar refractivity (Wildman–Crippen MR) is 131 cm³/mol. The van der Waals surface area contributed by atoms with Crippen LogP contribution in [0.1, 0.15) is 16.1 Å². The van der Waals surface area contributed by atoms with Crippen LogP contribution in [0.25, 0.3) is 28.1 Å². The van der Waals surface area contributed by atoms with Crippen LogP contribution in [-0.4, -0.2) is 51.1 Å². The molecule has 2 aliphatic heterocycles. The number of amides is 1. The molecule has 1 fully saturated rings. The van der Waals surface area contributed by atoms with Gasteiger partial charge in [-0.1, -0.05) is 60.7 Å². The molecule has 34 heavy (non-hydrogen) atoms. The van der Waals surface area contributed by atoms with E-state index in [0.717, 1.165) is 38.5 Å². The molecule has 6 nitrogen and oxygen atoms in total. The molecule has 0 spiro atoms. The van der Waals surface area contributed by atoms with Crippen molar-refractivity contribution >= 4 is 16.7 Å². The van der Waals surface area contributed by atoms with Gasteiger partial charge in [0.1, 0.15) is 0 Å². The number of morpholine rings is 1. The molecule has 3 aromatic carbocycles. The molecule has 1 unspecified atom stereocenters. The summed E-state index contributed by atoms with van der Waals surface area (Å²) in [5.41, 5.74) is 5.95. The quantitative estimate of drug-likeness (QED) is 0.449. The number of carbonyl (C=O) groups is 1. The second-order valence-corrected chi connectivity index (χ2v) is 9.81. The first-order chi connectivity index (χ1) is 16.7. The molecule has 0 N–H and O–H groups in total. The fourth-order valence-corrected chi connectivity index (χ4v) is 5.97. The van der Waals surface area contributed by atoms with E-state index in [1.54, 1.807) is 4.90 Å². The van der Waals surface area contributed by atoms with Gasteiger partial charge >= 0.3 is 0 Å². The van der Waals surface area contributed by atoms with E-state index in [1.807, 2.05) is 59.3 Å². The van der Waals surface area contributed by atoms with Gasteiger partial charge in [-0.2, -0.15) is 5.10 Å². The highest BCUT2D eigenvalue weighted by Gasteiger charge is 2.34. The molecule has 0 radical (unpaired) electrons. The number of rotatable bonds is 3. The molecule has 4 aromatic rings. The van der Waals surface area contributed by atoms with Crippen LogP contribution in [0.3, 0.4) is 0 Å². The van der Waals surface area contributed by atoms with Crippen molar-refractivity contribution in [1.82, 2.24) is 14.7 Å². The largest absolute Gasteiger partial charge is 0.378 e. The highest BCUT2D eigenvalue weighted by atomic mass is 32.2. The van der Waals surface area contributed by atoms with Crippen molar-refractivity contribution in [3.63, 3.8) is 0 Å². The maximum Gasteiger partial charge on any atom is 0.274 e. The smallest absolute Gasteiger partial charge is 0.274 e. The third-order valence-electron chi connectivity index (χ3n) is 6.37. The number of hydrogen-bond donors (Lipinski definition) is 0. The number of ether oxygens (including phenoxy) is 1. The van der Waals surface area contributed by atoms with Gasteiger partial charge in [-0.3, -0.25) is 9.00 Å². The Morgan fingerprint density at radius 1 is 0.853 bits per heavy atom. The molecule has 1 amide bonds. The molecule has 1 saturated heterocycles. The summed E-state index contributed by atoms with van der Waals surface area (Å²) in [5.74, 6) is 0.149. The number of aromatic nitrogens is 2. The van der Waals surface area contributed by atoms with Crippen LogP contribution in [0.2, 0.25) is 0 Å². The SMILES string of the molecule is O=C(c1nn(-c2ccc(-c3ccccc3)cc2)c2c1CS(=O)c1ccccc1-2)N1CCOCC1. The van der Waals surface area contributed by atoms with E-state index >= 15 is 0 Å². The summed E-state index contributed by atoms with van der Waals surface area (Å²) in [6, 6.07) is 26.1. The van der Waals surface area contributed by atoms with Gasteiger partial charge in [-0.15, -0.1) is 0 Å². The van der Waals surface area contributed by atoms with E-state index in [0.29, 0.717) is 32.0 Å². The van der Waals surface area contributed by atoms with Gasteiger partial charge in [0, 0.05) is 29.1 Å². The van der Waals surface area contributed by atoms with Gasteiger partial charge in [-0.25, -0.2) is 4.68 Å². The van der Waals surface area contributed by atoms with Crippen molar-refractivity contribution in [3.05, 3.63) is 90.1 Å². The highest BCUT2D eigenvalue weighted by molar-refractivity contribution is 7.84. The number of fused-ring (bicyclic) bond motifs is 3. The number of benzene rings is 3. The molecule has 7 heteroatoms. The third kappa shape index (κ3) is 3.57. The van der Waals surface area contributed by atoms with Crippen molar-refractivity contribution in [2.45, 2.75) is 10.6 Å². The highest BCUT2D eigenvalue weighted by Crippen LogP contribution is 2.39. The van der Waals surface area contributed by atoms with E-state index in [1.165, 1.54) is 0 Å². The van der Waals surface area contributed by atoms with Crippen LogP contribution in [0.5, 0.6) is 0 Å². The van der Waals surface area contributed by atoms with Crippen molar-refractivity contribution in [2.75, 3.05) is 26.3 Å². The Morgan fingerprint density at radius 3 is 2.29 bits per heavy atom. The molecule has 0 bridgehead atoms. The lowest BCUT2D eigenvalue weighted by atomic mass is 10.0. The van der Waals surface area contributed by atoms with Crippen LogP contribution in [-0.2, 0) is 21.3 Å². The maximum atomic E-state index is 13.5. The number of hydrogen-bond acceptors (Lipinski definition) is 4. The van der Waals surface area contributed by atoms with E-state index in [9.17, 15) is 9.00 Å². The van der Waals surface area contributed by atoms with Gasteiger partial charge < -0.3 is 9.64 Å². The lowest BCUT2D eigenvalue weighted by Gasteiger charge is -2.26. The Kier molecular flexibility index (Phi) is 5.36.